The van der Waals surface area contributed by atoms with Gasteiger partial charge in [-0.05, 0) is 60.7 Å². The molecule has 6 rings (SSSR count). The molecular formula is C24H19BrN2O4. The fourth-order valence-electron chi connectivity index (χ4n) is 4.30. The van der Waals surface area contributed by atoms with E-state index in [9.17, 15) is 0 Å². The van der Waals surface area contributed by atoms with Crippen LogP contribution in [0, 0.1) is 0 Å². The summed E-state index contributed by atoms with van der Waals surface area (Å²) < 4.78 is 23.8. The van der Waals surface area contributed by atoms with Crippen molar-refractivity contribution in [3.63, 3.8) is 0 Å². The molecule has 0 saturated carbocycles. The molecule has 0 aliphatic carbocycles. The minimum atomic E-state index is -0.323. The Kier molecular flexibility index (Phi) is 4.31. The number of benzene rings is 3. The maximum atomic E-state index is 6.43. The van der Waals surface area contributed by atoms with Crippen molar-refractivity contribution in [2.24, 2.45) is 5.10 Å². The Morgan fingerprint density at radius 2 is 1.77 bits per heavy atom. The first-order valence-electron chi connectivity index (χ1n) is 10.1. The smallest absolute Gasteiger partial charge is 0.231 e. The summed E-state index contributed by atoms with van der Waals surface area (Å²) in [6, 6.07) is 20.2. The average molecular weight is 479 g/mol. The van der Waals surface area contributed by atoms with E-state index in [-0.39, 0.29) is 19.1 Å². The largest absolute Gasteiger partial charge is 0.497 e. The first kappa shape index (κ1) is 18.6. The Bertz CT molecular complexity index is 1190. The van der Waals surface area contributed by atoms with Crippen molar-refractivity contribution >= 4 is 21.6 Å². The van der Waals surface area contributed by atoms with Gasteiger partial charge < -0.3 is 18.9 Å². The minimum absolute atomic E-state index is 0.0776. The number of fused-ring (bicyclic) bond motifs is 4. The topological polar surface area (TPSA) is 52.5 Å². The van der Waals surface area contributed by atoms with E-state index < -0.39 is 0 Å². The maximum Gasteiger partial charge on any atom is 0.231 e. The van der Waals surface area contributed by atoms with Crippen molar-refractivity contribution in [2.75, 3.05) is 13.9 Å². The molecule has 0 saturated heterocycles. The molecule has 0 bridgehead atoms. The third-order valence-electron chi connectivity index (χ3n) is 5.86. The van der Waals surface area contributed by atoms with Crippen molar-refractivity contribution < 1.29 is 18.9 Å². The molecule has 156 valence electrons. The summed E-state index contributed by atoms with van der Waals surface area (Å²) in [6.45, 7) is 0.259. The molecule has 3 heterocycles. The van der Waals surface area contributed by atoms with Gasteiger partial charge in [0.25, 0.3) is 0 Å². The fourth-order valence-corrected chi connectivity index (χ4v) is 4.68. The Morgan fingerprint density at radius 1 is 0.968 bits per heavy atom. The van der Waals surface area contributed by atoms with Gasteiger partial charge in [0.1, 0.15) is 11.5 Å². The van der Waals surface area contributed by atoms with Crippen molar-refractivity contribution in [1.82, 2.24) is 5.01 Å². The summed E-state index contributed by atoms with van der Waals surface area (Å²) >= 11 is 3.60. The quantitative estimate of drug-likeness (QED) is 0.502. The second-order valence-electron chi connectivity index (χ2n) is 7.64. The van der Waals surface area contributed by atoms with Gasteiger partial charge in [-0.15, -0.1) is 0 Å². The zero-order valence-electron chi connectivity index (χ0n) is 16.7. The predicted molar refractivity (Wildman–Crippen MR) is 119 cm³/mol. The SMILES string of the molecule is COc1ccc(C2Oc3ccc(Br)cc3C3CC(c4ccc5c(c4)OCO5)=NN32)cc1. The van der Waals surface area contributed by atoms with E-state index in [1.807, 2.05) is 54.6 Å². The summed E-state index contributed by atoms with van der Waals surface area (Å²) in [6.07, 6.45) is 0.454. The van der Waals surface area contributed by atoms with Gasteiger partial charge in [0.15, 0.2) is 11.5 Å². The molecule has 6 nitrogen and oxygen atoms in total. The highest BCUT2D eigenvalue weighted by Gasteiger charge is 2.41. The third-order valence-corrected chi connectivity index (χ3v) is 6.35. The van der Waals surface area contributed by atoms with E-state index >= 15 is 0 Å². The lowest BCUT2D eigenvalue weighted by Crippen LogP contribution is -2.33. The van der Waals surface area contributed by atoms with Gasteiger partial charge >= 0.3 is 0 Å². The monoisotopic (exact) mass is 478 g/mol. The number of methoxy groups -OCH3 is 1. The van der Waals surface area contributed by atoms with Crippen molar-refractivity contribution in [1.29, 1.82) is 0 Å². The van der Waals surface area contributed by atoms with Gasteiger partial charge in [0, 0.05) is 27.6 Å². The molecule has 0 fully saturated rings. The Morgan fingerprint density at radius 3 is 2.61 bits per heavy atom. The molecule has 0 aromatic heterocycles. The van der Waals surface area contributed by atoms with Crippen LogP contribution in [0.3, 0.4) is 0 Å². The highest BCUT2D eigenvalue weighted by atomic mass is 79.9. The van der Waals surface area contributed by atoms with E-state index in [1.54, 1.807) is 7.11 Å². The lowest BCUT2D eigenvalue weighted by molar-refractivity contribution is -0.0191. The summed E-state index contributed by atoms with van der Waals surface area (Å²) in [4.78, 5) is 0. The van der Waals surface area contributed by atoms with Crippen LogP contribution in [0.1, 0.15) is 35.4 Å². The van der Waals surface area contributed by atoms with Gasteiger partial charge in [-0.2, -0.15) is 5.10 Å². The van der Waals surface area contributed by atoms with Crippen LogP contribution in [0.25, 0.3) is 0 Å². The maximum absolute atomic E-state index is 6.43. The zero-order valence-corrected chi connectivity index (χ0v) is 18.3. The predicted octanol–water partition coefficient (Wildman–Crippen LogP) is 5.43. The fraction of sp³-hybridized carbons (Fsp3) is 0.208. The molecule has 0 N–H and O–H groups in total. The molecule has 7 heteroatoms. The Hall–Kier alpha value is -3.19. The van der Waals surface area contributed by atoms with Gasteiger partial charge in [-0.1, -0.05) is 15.9 Å². The van der Waals surface area contributed by atoms with E-state index in [0.29, 0.717) is 0 Å². The molecular weight excluding hydrogens is 460 g/mol. The summed E-state index contributed by atoms with van der Waals surface area (Å²) in [5.41, 5.74) is 4.18. The molecule has 0 radical (unpaired) electrons. The number of hydrogen-bond donors (Lipinski definition) is 0. The third kappa shape index (κ3) is 3.11. The van der Waals surface area contributed by atoms with Crippen LogP contribution in [0.15, 0.2) is 70.2 Å². The first-order valence-corrected chi connectivity index (χ1v) is 10.8. The number of rotatable bonds is 3. The van der Waals surface area contributed by atoms with E-state index in [0.717, 1.165) is 56.3 Å². The van der Waals surface area contributed by atoms with Crippen LogP contribution in [0.2, 0.25) is 0 Å². The van der Waals surface area contributed by atoms with Crippen LogP contribution in [0.4, 0.5) is 0 Å². The van der Waals surface area contributed by atoms with Crippen LogP contribution in [-0.2, 0) is 0 Å². The number of nitrogens with zero attached hydrogens (tertiary/aromatic N) is 2. The van der Waals surface area contributed by atoms with E-state index in [2.05, 4.69) is 27.0 Å². The molecule has 3 aliphatic heterocycles. The number of ether oxygens (including phenoxy) is 4. The molecule has 2 atom stereocenters. The molecule has 3 aromatic rings. The van der Waals surface area contributed by atoms with Crippen molar-refractivity contribution in [3.8, 4) is 23.0 Å². The summed E-state index contributed by atoms with van der Waals surface area (Å²) in [5.74, 6) is 3.23. The van der Waals surface area contributed by atoms with Crippen LogP contribution in [0.5, 0.6) is 23.0 Å². The zero-order chi connectivity index (χ0) is 20.9. The van der Waals surface area contributed by atoms with E-state index in [1.165, 1.54) is 0 Å². The summed E-state index contributed by atoms with van der Waals surface area (Å²) in [5, 5.41) is 7.08. The minimum Gasteiger partial charge on any atom is -0.497 e. The second-order valence-corrected chi connectivity index (χ2v) is 8.56. The molecule has 3 aliphatic rings. The number of hydrazone groups is 1. The molecule has 31 heavy (non-hydrogen) atoms. The van der Waals surface area contributed by atoms with Crippen molar-refractivity contribution in [2.45, 2.75) is 18.7 Å². The Labute approximate surface area is 188 Å². The second kappa shape index (κ2) is 7.20. The van der Waals surface area contributed by atoms with Crippen molar-refractivity contribution in [3.05, 3.63) is 81.8 Å². The highest BCUT2D eigenvalue weighted by molar-refractivity contribution is 9.10. The molecule has 2 unspecified atom stereocenters. The van der Waals surface area contributed by atoms with E-state index in [4.69, 9.17) is 24.0 Å². The Balaban J connectivity index is 1.42. The van der Waals surface area contributed by atoms with Crippen LogP contribution >= 0.6 is 15.9 Å². The van der Waals surface area contributed by atoms with Gasteiger partial charge in [-0.25, -0.2) is 5.01 Å². The lowest BCUT2D eigenvalue weighted by Gasteiger charge is -2.38. The lowest BCUT2D eigenvalue weighted by atomic mass is 9.96. The normalized spacial score (nSPS) is 20.6. The molecule has 0 amide bonds. The van der Waals surface area contributed by atoms with Crippen LogP contribution in [-0.4, -0.2) is 24.6 Å². The molecule has 0 spiro atoms. The standard InChI is InChI=1S/C24H19BrN2O4/c1-28-17-6-2-14(3-7-17)24-27-20(18-11-16(25)5-9-21(18)31-24)12-19(26-27)15-4-8-22-23(10-15)30-13-29-22/h2-11,20,24H,12-13H2,1H3. The summed E-state index contributed by atoms with van der Waals surface area (Å²) in [7, 11) is 1.67. The molecule has 3 aromatic carbocycles. The number of halogens is 1. The van der Waals surface area contributed by atoms with Gasteiger partial charge in [0.05, 0.1) is 18.9 Å². The number of hydrogen-bond acceptors (Lipinski definition) is 6. The first-order chi connectivity index (χ1) is 15.2. The average Bonchev–Trinajstić information content (AvgIpc) is 3.45. The highest BCUT2D eigenvalue weighted by Crippen LogP contribution is 2.48. The van der Waals surface area contributed by atoms with Gasteiger partial charge in [0.2, 0.25) is 13.0 Å². The van der Waals surface area contributed by atoms with Gasteiger partial charge in [-0.3, -0.25) is 0 Å². The van der Waals surface area contributed by atoms with Crippen LogP contribution < -0.4 is 18.9 Å².